The molecule has 0 bridgehead atoms. The van der Waals surface area contributed by atoms with E-state index < -0.39 is 0 Å². The van der Waals surface area contributed by atoms with Crippen LogP contribution in [0.5, 0.6) is 11.5 Å². The molecule has 1 aliphatic carbocycles. The first-order valence-electron chi connectivity index (χ1n) is 14.5. The highest BCUT2D eigenvalue weighted by Crippen LogP contribution is 2.51. The van der Waals surface area contributed by atoms with E-state index in [1.807, 2.05) is 60.7 Å². The Morgan fingerprint density at radius 3 is 2.45 bits per heavy atom. The Morgan fingerprint density at radius 2 is 1.76 bits per heavy atom. The van der Waals surface area contributed by atoms with E-state index in [-0.39, 0.29) is 41.4 Å². The van der Waals surface area contributed by atoms with Crippen LogP contribution in [0, 0.1) is 21.3 Å². The molecule has 0 unspecified atom stereocenters. The molecule has 2 aliphatic heterocycles. The van der Waals surface area contributed by atoms with Gasteiger partial charge in [-0.2, -0.15) is 0 Å². The maximum atomic E-state index is 13.7. The lowest BCUT2D eigenvalue weighted by Gasteiger charge is -2.31. The number of phenols is 1. The summed E-state index contributed by atoms with van der Waals surface area (Å²) >= 11 is 2.12. The molecule has 0 aromatic heterocycles. The molecule has 4 atom stereocenters. The zero-order valence-electron chi connectivity index (χ0n) is 23.8. The third-order valence-electron chi connectivity index (χ3n) is 8.88. The molecular weight excluding hydrogens is 641 g/mol. The van der Waals surface area contributed by atoms with Gasteiger partial charge in [-0.3, -0.25) is 14.5 Å². The van der Waals surface area contributed by atoms with Crippen molar-refractivity contribution in [1.29, 1.82) is 0 Å². The lowest BCUT2D eigenvalue weighted by Crippen LogP contribution is -2.34. The monoisotopic (exact) mass is 675 g/mol. The molecule has 42 heavy (non-hydrogen) atoms. The van der Waals surface area contributed by atoms with E-state index >= 15 is 0 Å². The van der Waals surface area contributed by atoms with Crippen LogP contribution in [0.15, 0.2) is 83.9 Å². The fourth-order valence-electron chi connectivity index (χ4n) is 6.92. The van der Waals surface area contributed by atoms with Crippen LogP contribution >= 0.6 is 22.6 Å². The van der Waals surface area contributed by atoms with E-state index in [1.165, 1.54) is 16.0 Å². The molecule has 3 aromatic carbocycles. The zero-order valence-corrected chi connectivity index (χ0v) is 25.9. The van der Waals surface area contributed by atoms with Gasteiger partial charge in [0.2, 0.25) is 11.8 Å². The van der Waals surface area contributed by atoms with E-state index in [0.29, 0.717) is 24.5 Å². The number of methoxy groups -OCH3 is 1. The van der Waals surface area contributed by atoms with Crippen LogP contribution in [-0.2, 0) is 14.3 Å². The van der Waals surface area contributed by atoms with Crippen LogP contribution in [0.1, 0.15) is 43.7 Å². The summed E-state index contributed by atoms with van der Waals surface area (Å²) in [5.41, 5.74) is 6.38. The van der Waals surface area contributed by atoms with Crippen molar-refractivity contribution in [2.24, 2.45) is 17.8 Å². The van der Waals surface area contributed by atoms with Gasteiger partial charge in [0.15, 0.2) is 11.5 Å². The van der Waals surface area contributed by atoms with Crippen LogP contribution in [0.3, 0.4) is 0 Å². The molecule has 0 spiro atoms. The van der Waals surface area contributed by atoms with Crippen molar-refractivity contribution in [1.82, 2.24) is 0 Å². The minimum Gasteiger partial charge on any atom is -0.504 e. The molecule has 2 heterocycles. The topological polar surface area (TPSA) is 76.1 Å². The minimum absolute atomic E-state index is 0.0686. The van der Waals surface area contributed by atoms with Crippen LogP contribution in [-0.4, -0.2) is 36.7 Å². The summed E-state index contributed by atoms with van der Waals surface area (Å²) in [7, 11) is 1.56. The van der Waals surface area contributed by atoms with Crippen LogP contribution in [0.4, 0.5) is 5.69 Å². The number of hydrogen-bond acceptors (Lipinski definition) is 5. The number of ether oxygens (including phenoxy) is 2. The Hall–Kier alpha value is -3.43. The Labute approximate surface area is 260 Å². The van der Waals surface area contributed by atoms with Gasteiger partial charge in [0, 0.05) is 5.92 Å². The molecule has 0 radical (unpaired) electrons. The smallest absolute Gasteiger partial charge is 0.238 e. The average molecular weight is 676 g/mol. The van der Waals surface area contributed by atoms with Gasteiger partial charge in [-0.05, 0) is 94.8 Å². The number of phenolic OH excluding ortho intramolecular Hbond substituents is 1. The number of imide groups is 1. The van der Waals surface area contributed by atoms with Gasteiger partial charge in [0.05, 0.1) is 40.9 Å². The number of rotatable bonds is 8. The summed E-state index contributed by atoms with van der Waals surface area (Å²) in [5.74, 6) is -0.364. The Morgan fingerprint density at radius 1 is 1.05 bits per heavy atom. The number of carbonyl (C=O) groups excluding carboxylic acids is 2. The number of aromatic hydroxyl groups is 1. The summed E-state index contributed by atoms with van der Waals surface area (Å²) in [5, 5.41) is 10.3. The van der Waals surface area contributed by atoms with Crippen molar-refractivity contribution >= 4 is 51.7 Å². The standard InChI is InChI=1S/C35H34INO5/c1-3-22-19-26-32(35(40)37(34(26)39)25-12-8-5-9-13-25)27-20-42-29(31(22)27)15-14-24(23-10-6-4-7-11-23)16-21-17-28(36)33(38)30(18-21)41-2/h4-13,16-18,26-27,29,32,38H,3,14-15,19-20H2,1-2H3/b24-16-/t26-,27+,29-,32-/m1/s1. The number of benzene rings is 3. The molecule has 1 N–H and O–H groups in total. The quantitative estimate of drug-likeness (QED) is 0.118. The van der Waals surface area contributed by atoms with Crippen molar-refractivity contribution in [2.75, 3.05) is 18.6 Å². The fourth-order valence-corrected chi connectivity index (χ4v) is 7.54. The second kappa shape index (κ2) is 12.1. The van der Waals surface area contributed by atoms with Crippen molar-refractivity contribution < 1.29 is 24.2 Å². The summed E-state index contributed by atoms with van der Waals surface area (Å²) in [6, 6.07) is 23.4. The van der Waals surface area contributed by atoms with Gasteiger partial charge in [-0.1, -0.05) is 67.1 Å². The van der Waals surface area contributed by atoms with Crippen LogP contribution < -0.4 is 9.64 Å². The Bertz CT molecular complexity index is 1560. The van der Waals surface area contributed by atoms with Gasteiger partial charge in [-0.25, -0.2) is 0 Å². The summed E-state index contributed by atoms with van der Waals surface area (Å²) in [4.78, 5) is 28.7. The van der Waals surface area contributed by atoms with Crippen molar-refractivity contribution in [3.05, 3.63) is 98.6 Å². The van der Waals surface area contributed by atoms with Crippen LogP contribution in [0.2, 0.25) is 0 Å². The van der Waals surface area contributed by atoms with E-state index in [0.717, 1.165) is 39.5 Å². The summed E-state index contributed by atoms with van der Waals surface area (Å²) in [6.07, 6.45) is 5.04. The Balaban J connectivity index is 1.28. The molecule has 216 valence electrons. The number of amides is 2. The first-order chi connectivity index (χ1) is 20.4. The fraction of sp³-hybridized carbons (Fsp3) is 0.314. The highest BCUT2D eigenvalue weighted by atomic mass is 127. The first-order valence-corrected chi connectivity index (χ1v) is 15.6. The number of halogens is 1. The molecule has 2 saturated heterocycles. The van der Waals surface area contributed by atoms with Gasteiger partial charge in [-0.15, -0.1) is 0 Å². The number of anilines is 1. The molecule has 2 amide bonds. The lowest BCUT2D eigenvalue weighted by molar-refractivity contribution is -0.122. The molecule has 6 nitrogen and oxygen atoms in total. The highest BCUT2D eigenvalue weighted by molar-refractivity contribution is 14.1. The molecule has 3 aliphatic rings. The van der Waals surface area contributed by atoms with Gasteiger partial charge >= 0.3 is 0 Å². The van der Waals surface area contributed by atoms with Crippen molar-refractivity contribution in [3.63, 3.8) is 0 Å². The molecule has 7 heteroatoms. The number of para-hydroxylation sites is 1. The first kappa shape index (κ1) is 28.7. The second-order valence-corrected chi connectivity index (χ2v) is 12.3. The molecule has 3 aromatic rings. The number of nitrogens with zero attached hydrogens (tertiary/aromatic N) is 1. The number of fused-ring (bicyclic) bond motifs is 3. The predicted molar refractivity (Wildman–Crippen MR) is 172 cm³/mol. The summed E-state index contributed by atoms with van der Waals surface area (Å²) in [6.45, 7) is 2.60. The third kappa shape index (κ3) is 5.17. The van der Waals surface area contributed by atoms with E-state index in [9.17, 15) is 14.7 Å². The van der Waals surface area contributed by atoms with Gasteiger partial charge in [0.25, 0.3) is 0 Å². The second-order valence-electron chi connectivity index (χ2n) is 11.2. The van der Waals surface area contributed by atoms with E-state index in [4.69, 9.17) is 9.47 Å². The van der Waals surface area contributed by atoms with Crippen LogP contribution in [0.25, 0.3) is 11.6 Å². The third-order valence-corrected chi connectivity index (χ3v) is 9.70. The maximum absolute atomic E-state index is 13.7. The summed E-state index contributed by atoms with van der Waals surface area (Å²) < 4.78 is 12.6. The largest absolute Gasteiger partial charge is 0.504 e. The number of hydrogen-bond donors (Lipinski definition) is 1. The zero-order chi connectivity index (χ0) is 29.4. The minimum atomic E-state index is -0.372. The maximum Gasteiger partial charge on any atom is 0.238 e. The lowest BCUT2D eigenvalue weighted by atomic mass is 9.69. The van der Waals surface area contributed by atoms with Gasteiger partial charge in [0.1, 0.15) is 0 Å². The molecule has 6 rings (SSSR count). The van der Waals surface area contributed by atoms with E-state index in [2.05, 4.69) is 47.7 Å². The Kier molecular flexibility index (Phi) is 8.23. The normalized spacial score (nSPS) is 23.8. The van der Waals surface area contributed by atoms with Gasteiger partial charge < -0.3 is 14.6 Å². The number of carbonyl (C=O) groups is 2. The SMILES string of the molecule is CCC1=C2[C@@H](CC/C(=C/c3cc(I)c(O)c(OC)c3)c3ccccc3)OC[C@@H]2[C@@H]2C(=O)N(c3ccccc3)C(=O)[C@@H]2C1. The predicted octanol–water partition coefficient (Wildman–Crippen LogP) is 7.26. The molecule has 2 fully saturated rings. The number of allylic oxidation sites excluding steroid dienone is 2. The average Bonchev–Trinajstić information content (AvgIpc) is 3.55. The molecular formula is C35H34INO5. The highest BCUT2D eigenvalue weighted by Gasteiger charge is 2.57. The molecule has 0 saturated carbocycles. The van der Waals surface area contributed by atoms with Crippen molar-refractivity contribution in [3.8, 4) is 11.5 Å². The van der Waals surface area contributed by atoms with Crippen molar-refractivity contribution in [2.45, 2.75) is 38.7 Å². The van der Waals surface area contributed by atoms with E-state index in [1.54, 1.807) is 7.11 Å².